The number of benzene rings is 3. The lowest BCUT2D eigenvalue weighted by molar-refractivity contribution is 0.104. The van der Waals surface area contributed by atoms with Gasteiger partial charge in [0.25, 0.3) is 0 Å². The number of ketones is 1. The number of carbonyl (C=O) groups excluding carboxylic acids is 1. The fourth-order valence-corrected chi connectivity index (χ4v) is 3.95. The summed E-state index contributed by atoms with van der Waals surface area (Å²) in [5.41, 5.74) is 4.14. The normalized spacial score (nSPS) is 12.1. The van der Waals surface area contributed by atoms with E-state index >= 15 is 0 Å². The largest absolute Gasteiger partial charge is 0.497 e. The van der Waals surface area contributed by atoms with Crippen molar-refractivity contribution in [3.63, 3.8) is 0 Å². The zero-order valence-electron chi connectivity index (χ0n) is 14.2. The van der Waals surface area contributed by atoms with Crippen LogP contribution in [0.1, 0.15) is 15.9 Å². The first kappa shape index (κ1) is 16.1. The Morgan fingerprint density at radius 3 is 2.56 bits per heavy atom. The number of nitrogens with one attached hydrogen (secondary N) is 1. The summed E-state index contributed by atoms with van der Waals surface area (Å²) in [5.74, 6) is 1.34. The predicted octanol–water partition coefficient (Wildman–Crippen LogP) is 5.55. The first-order chi connectivity index (χ1) is 13.2. The summed E-state index contributed by atoms with van der Waals surface area (Å²) in [7, 11) is 1.63. The number of anilines is 2. The van der Waals surface area contributed by atoms with Crippen molar-refractivity contribution in [1.29, 1.82) is 0 Å². The topological polar surface area (TPSA) is 64.4 Å². The first-order valence-electron chi connectivity index (χ1n) is 8.34. The molecule has 1 aliphatic carbocycles. The minimum atomic E-state index is -0.0465. The van der Waals surface area contributed by atoms with Crippen molar-refractivity contribution in [2.45, 2.75) is 0 Å². The summed E-state index contributed by atoms with van der Waals surface area (Å²) in [4.78, 5) is 13.3. The molecule has 0 atom stereocenters. The summed E-state index contributed by atoms with van der Waals surface area (Å²) < 4.78 is 11.6. The highest BCUT2D eigenvalue weighted by Crippen LogP contribution is 2.45. The molecule has 0 bridgehead atoms. The van der Waals surface area contributed by atoms with Crippen LogP contribution in [-0.2, 0) is 0 Å². The molecule has 1 heterocycles. The number of fused-ring (bicyclic) bond motifs is 2. The van der Waals surface area contributed by atoms with Gasteiger partial charge < -0.3 is 14.6 Å². The van der Waals surface area contributed by atoms with E-state index in [2.05, 4.69) is 26.4 Å². The van der Waals surface area contributed by atoms with Crippen LogP contribution in [0, 0.1) is 0 Å². The van der Waals surface area contributed by atoms with Gasteiger partial charge in [-0.3, -0.25) is 4.79 Å². The van der Waals surface area contributed by atoms with Crippen LogP contribution in [0.15, 0.2) is 63.6 Å². The van der Waals surface area contributed by atoms with Gasteiger partial charge in [0, 0.05) is 21.3 Å². The molecule has 0 radical (unpaired) electrons. The van der Waals surface area contributed by atoms with Crippen molar-refractivity contribution < 1.29 is 14.1 Å². The van der Waals surface area contributed by atoms with Crippen LogP contribution in [0.4, 0.5) is 11.4 Å². The number of rotatable bonds is 3. The Kier molecular flexibility index (Phi) is 3.55. The van der Waals surface area contributed by atoms with E-state index in [0.717, 1.165) is 26.9 Å². The average molecular weight is 421 g/mol. The van der Waals surface area contributed by atoms with Gasteiger partial charge in [0.05, 0.1) is 23.7 Å². The Balaban J connectivity index is 1.73. The minimum Gasteiger partial charge on any atom is -0.497 e. The standard InChI is InChI=1S/C21H13BrN2O3/c1-26-12-8-6-11(7-9-12)23-16-10-15(22)19-18-17(16)20(25)13-4-2-3-5-14(13)21(18)27-24-19/h2-10,23H,1H3. The molecule has 5 rings (SSSR count). The fraction of sp³-hybridized carbons (Fsp3) is 0.0476. The van der Waals surface area contributed by atoms with Crippen molar-refractivity contribution in [2.75, 3.05) is 12.4 Å². The summed E-state index contributed by atoms with van der Waals surface area (Å²) in [6, 6.07) is 16.8. The quantitative estimate of drug-likeness (QED) is 0.414. The number of halogens is 1. The molecule has 0 fully saturated rings. The minimum absolute atomic E-state index is 0.0465. The highest BCUT2D eigenvalue weighted by molar-refractivity contribution is 9.10. The summed E-state index contributed by atoms with van der Waals surface area (Å²) in [5, 5.41) is 8.25. The third-order valence-electron chi connectivity index (χ3n) is 4.72. The van der Waals surface area contributed by atoms with E-state index in [9.17, 15) is 4.79 Å². The Hall–Kier alpha value is -3.12. The van der Waals surface area contributed by atoms with Crippen LogP contribution in [-0.4, -0.2) is 18.0 Å². The van der Waals surface area contributed by atoms with Crippen molar-refractivity contribution in [1.82, 2.24) is 5.16 Å². The molecule has 4 aromatic rings. The second-order valence-corrected chi connectivity index (χ2v) is 7.10. The summed E-state index contributed by atoms with van der Waals surface area (Å²) in [6.45, 7) is 0. The molecule has 0 saturated carbocycles. The van der Waals surface area contributed by atoms with E-state index in [4.69, 9.17) is 9.26 Å². The van der Waals surface area contributed by atoms with Crippen LogP contribution in [0.3, 0.4) is 0 Å². The van der Waals surface area contributed by atoms with E-state index in [0.29, 0.717) is 28.1 Å². The molecule has 1 N–H and O–H groups in total. The molecule has 132 valence electrons. The molecule has 0 saturated heterocycles. The Labute approximate surface area is 163 Å². The molecule has 0 unspecified atom stereocenters. The Morgan fingerprint density at radius 1 is 1.07 bits per heavy atom. The van der Waals surface area contributed by atoms with Crippen molar-refractivity contribution in [2.24, 2.45) is 0 Å². The molecule has 1 aliphatic rings. The second kappa shape index (κ2) is 5.96. The third-order valence-corrected chi connectivity index (χ3v) is 5.33. The number of ether oxygens (including phenoxy) is 1. The van der Waals surface area contributed by atoms with Crippen molar-refractivity contribution in [3.8, 4) is 17.1 Å². The van der Waals surface area contributed by atoms with Gasteiger partial charge in [-0.1, -0.05) is 29.4 Å². The molecular weight excluding hydrogens is 408 g/mol. The van der Waals surface area contributed by atoms with Gasteiger partial charge in [0.1, 0.15) is 11.3 Å². The lowest BCUT2D eigenvalue weighted by atomic mass is 9.87. The molecule has 5 nitrogen and oxygen atoms in total. The second-order valence-electron chi connectivity index (χ2n) is 6.24. The van der Waals surface area contributed by atoms with E-state index in [1.165, 1.54) is 0 Å². The van der Waals surface area contributed by atoms with Gasteiger partial charge in [-0.2, -0.15) is 0 Å². The zero-order chi connectivity index (χ0) is 18.5. The molecule has 0 spiro atoms. The van der Waals surface area contributed by atoms with Crippen LogP contribution in [0.25, 0.3) is 22.2 Å². The van der Waals surface area contributed by atoms with E-state index in [1.54, 1.807) is 7.11 Å². The molecular formula is C21H13BrN2O3. The average Bonchev–Trinajstić information content (AvgIpc) is 3.14. The van der Waals surface area contributed by atoms with Crippen molar-refractivity contribution >= 4 is 44.0 Å². The lowest BCUT2D eigenvalue weighted by Gasteiger charge is -2.18. The molecule has 0 aliphatic heterocycles. The number of hydrogen-bond acceptors (Lipinski definition) is 5. The van der Waals surface area contributed by atoms with Gasteiger partial charge >= 0.3 is 0 Å². The fourth-order valence-electron chi connectivity index (χ4n) is 3.45. The molecule has 27 heavy (non-hydrogen) atoms. The number of hydrogen-bond donors (Lipinski definition) is 1. The number of nitrogens with zero attached hydrogens (tertiary/aromatic N) is 1. The summed E-state index contributed by atoms with van der Waals surface area (Å²) >= 11 is 3.55. The zero-order valence-corrected chi connectivity index (χ0v) is 15.8. The molecule has 0 amide bonds. The number of carbonyl (C=O) groups is 1. The van der Waals surface area contributed by atoms with Gasteiger partial charge in [-0.05, 0) is 46.3 Å². The van der Waals surface area contributed by atoms with Gasteiger partial charge in [-0.15, -0.1) is 0 Å². The van der Waals surface area contributed by atoms with Gasteiger partial charge in [0.2, 0.25) is 0 Å². The third kappa shape index (κ3) is 2.37. The smallest absolute Gasteiger partial charge is 0.196 e. The molecule has 3 aromatic carbocycles. The predicted molar refractivity (Wildman–Crippen MR) is 107 cm³/mol. The molecule has 1 aromatic heterocycles. The monoisotopic (exact) mass is 420 g/mol. The Bertz CT molecular complexity index is 1210. The highest BCUT2D eigenvalue weighted by atomic mass is 79.9. The van der Waals surface area contributed by atoms with Gasteiger partial charge in [-0.25, -0.2) is 0 Å². The van der Waals surface area contributed by atoms with E-state index < -0.39 is 0 Å². The number of methoxy groups -OCH3 is 1. The Morgan fingerprint density at radius 2 is 1.81 bits per heavy atom. The maximum atomic E-state index is 13.3. The van der Waals surface area contributed by atoms with Crippen molar-refractivity contribution in [3.05, 3.63) is 70.2 Å². The molecule has 6 heteroatoms. The van der Waals surface area contributed by atoms with Crippen LogP contribution < -0.4 is 10.1 Å². The van der Waals surface area contributed by atoms with Crippen LogP contribution in [0.2, 0.25) is 0 Å². The van der Waals surface area contributed by atoms with Crippen LogP contribution in [0.5, 0.6) is 5.75 Å². The summed E-state index contributed by atoms with van der Waals surface area (Å²) in [6.07, 6.45) is 0. The van der Waals surface area contributed by atoms with Crippen LogP contribution >= 0.6 is 15.9 Å². The van der Waals surface area contributed by atoms with E-state index in [-0.39, 0.29) is 5.78 Å². The first-order valence-corrected chi connectivity index (χ1v) is 9.13. The lowest BCUT2D eigenvalue weighted by Crippen LogP contribution is -2.11. The maximum absolute atomic E-state index is 13.3. The van der Waals surface area contributed by atoms with Gasteiger partial charge in [0.15, 0.2) is 11.5 Å². The number of aromatic nitrogens is 1. The van der Waals surface area contributed by atoms with E-state index in [1.807, 2.05) is 54.6 Å². The highest BCUT2D eigenvalue weighted by Gasteiger charge is 2.32. The maximum Gasteiger partial charge on any atom is 0.196 e. The SMILES string of the molecule is COc1ccc(Nc2cc(Br)c3noc4c3c2C(=O)c2ccccc2-4)cc1.